The van der Waals surface area contributed by atoms with Crippen molar-refractivity contribution in [1.82, 2.24) is 4.98 Å². The van der Waals surface area contributed by atoms with Crippen molar-refractivity contribution >= 4 is 22.5 Å². The fraction of sp³-hybridized carbons (Fsp3) is 0.150. The normalized spacial score (nSPS) is 9.42. The van der Waals surface area contributed by atoms with E-state index in [0.29, 0.717) is 0 Å². The molecule has 0 N–H and O–H groups in total. The van der Waals surface area contributed by atoms with Gasteiger partial charge in [0.05, 0.1) is 17.6 Å². The Morgan fingerprint density at radius 3 is 1.96 bits per heavy atom. The molecule has 3 nitrogen and oxygen atoms in total. The van der Waals surface area contributed by atoms with Crippen LogP contribution >= 0.6 is 0 Å². The van der Waals surface area contributed by atoms with Crippen LogP contribution in [0.15, 0.2) is 66.7 Å². The topological polar surface area (TPSA) is 47.0 Å². The number of fused-ring (bicyclic) bond motifs is 1. The molecule has 0 unspecified atom stereocenters. The number of carbonyl (C=O) groups excluding carboxylic acids is 2. The van der Waals surface area contributed by atoms with Crippen molar-refractivity contribution in [1.29, 1.82) is 0 Å². The summed E-state index contributed by atoms with van der Waals surface area (Å²) in [4.78, 5) is 24.7. The summed E-state index contributed by atoms with van der Waals surface area (Å²) in [6.45, 7) is 2.81. The molecule has 0 saturated carbocycles. The van der Waals surface area contributed by atoms with Crippen molar-refractivity contribution in [3.05, 3.63) is 66.7 Å². The number of para-hydroxylation sites is 1. The molecule has 3 rings (SSSR count). The summed E-state index contributed by atoms with van der Waals surface area (Å²) >= 11 is 0. The second kappa shape index (κ2) is 9.86. The van der Waals surface area contributed by atoms with Crippen LogP contribution in [-0.4, -0.2) is 16.6 Å². The number of benzene rings is 2. The van der Waals surface area contributed by atoms with Crippen LogP contribution < -0.4 is 0 Å². The maximum atomic E-state index is 10.0. The molecule has 0 saturated heterocycles. The van der Waals surface area contributed by atoms with E-state index in [-0.39, 0.29) is 38.1 Å². The molecule has 1 aromatic heterocycles. The van der Waals surface area contributed by atoms with Crippen molar-refractivity contribution in [2.24, 2.45) is 0 Å². The van der Waals surface area contributed by atoms with Crippen LogP contribution in [0.5, 0.6) is 0 Å². The van der Waals surface area contributed by atoms with Gasteiger partial charge in [-0.05, 0) is 26.0 Å². The summed E-state index contributed by atoms with van der Waals surface area (Å²) < 4.78 is 0. The average Bonchev–Trinajstić information content (AvgIpc) is 2.54. The molecule has 0 atom stereocenters. The fourth-order valence-electron chi connectivity index (χ4n) is 2.19. The van der Waals surface area contributed by atoms with E-state index in [2.05, 4.69) is 35.3 Å². The Morgan fingerprint density at radius 2 is 1.38 bits per heavy atom. The SMILES string of the molecule is CC(=O)CC(C)=O.[Ir].c1ccc(-c2ccc3ccccc3n2)cc1. The Bertz CT molecular complexity index is 804. The first-order valence-corrected chi connectivity index (χ1v) is 7.46. The second-order valence-corrected chi connectivity index (χ2v) is 5.34. The summed E-state index contributed by atoms with van der Waals surface area (Å²) in [6, 6.07) is 22.6. The van der Waals surface area contributed by atoms with E-state index in [9.17, 15) is 9.59 Å². The molecule has 1 radical (unpaired) electrons. The monoisotopic (exact) mass is 498 g/mol. The zero-order valence-electron chi connectivity index (χ0n) is 13.7. The number of pyridine rings is 1. The molecule has 125 valence electrons. The van der Waals surface area contributed by atoms with E-state index in [4.69, 9.17) is 0 Å². The Morgan fingerprint density at radius 1 is 0.792 bits per heavy atom. The third-order valence-corrected chi connectivity index (χ3v) is 3.17. The number of nitrogens with zero attached hydrogens (tertiary/aromatic N) is 1. The number of aromatic nitrogens is 1. The number of carbonyl (C=O) groups is 2. The number of hydrogen-bond donors (Lipinski definition) is 0. The largest absolute Gasteiger partial charge is 0.300 e. The van der Waals surface area contributed by atoms with Gasteiger partial charge in [-0.25, -0.2) is 4.98 Å². The molecule has 1 heterocycles. The van der Waals surface area contributed by atoms with Gasteiger partial charge in [0.1, 0.15) is 11.6 Å². The van der Waals surface area contributed by atoms with Crippen molar-refractivity contribution in [2.45, 2.75) is 20.3 Å². The van der Waals surface area contributed by atoms with Gasteiger partial charge < -0.3 is 0 Å². The third-order valence-electron chi connectivity index (χ3n) is 3.17. The molecule has 0 amide bonds. The molecule has 0 aliphatic rings. The second-order valence-electron chi connectivity index (χ2n) is 5.34. The summed E-state index contributed by atoms with van der Waals surface area (Å²) in [5, 5.41) is 1.18. The average molecular weight is 498 g/mol. The standard InChI is InChI=1S/C15H11N.C5H8O2.Ir/c1-2-6-12(7-3-1)15-11-10-13-8-4-5-9-14(13)16-15;1-4(6)3-5(2)7;/h1-11H;3H2,1-2H3;. The van der Waals surface area contributed by atoms with E-state index >= 15 is 0 Å². The molecule has 0 fully saturated rings. The predicted octanol–water partition coefficient (Wildman–Crippen LogP) is 4.45. The van der Waals surface area contributed by atoms with Gasteiger partial charge in [-0.15, -0.1) is 0 Å². The molecule has 24 heavy (non-hydrogen) atoms. The van der Waals surface area contributed by atoms with Gasteiger partial charge in [-0.2, -0.15) is 0 Å². The Kier molecular flexibility index (Phi) is 8.17. The quantitative estimate of drug-likeness (QED) is 0.503. The molecule has 4 heteroatoms. The maximum absolute atomic E-state index is 10.0. The van der Waals surface area contributed by atoms with Gasteiger partial charge in [0.2, 0.25) is 0 Å². The van der Waals surface area contributed by atoms with E-state index < -0.39 is 0 Å². The summed E-state index contributed by atoms with van der Waals surface area (Å²) in [7, 11) is 0. The van der Waals surface area contributed by atoms with E-state index in [1.807, 2.05) is 36.4 Å². The zero-order valence-corrected chi connectivity index (χ0v) is 16.1. The molecule has 0 aliphatic heterocycles. The first-order valence-electron chi connectivity index (χ1n) is 7.46. The van der Waals surface area contributed by atoms with Crippen molar-refractivity contribution < 1.29 is 29.7 Å². The van der Waals surface area contributed by atoms with Crippen molar-refractivity contribution in [3.8, 4) is 11.3 Å². The Labute approximate surface area is 155 Å². The van der Waals surface area contributed by atoms with Gasteiger partial charge in [0.25, 0.3) is 0 Å². The smallest absolute Gasteiger partial charge is 0.137 e. The van der Waals surface area contributed by atoms with Gasteiger partial charge >= 0.3 is 0 Å². The van der Waals surface area contributed by atoms with E-state index in [0.717, 1.165) is 16.8 Å². The van der Waals surface area contributed by atoms with Gasteiger partial charge in [0.15, 0.2) is 0 Å². The molecular formula is C20H19IrNO2. The number of rotatable bonds is 3. The minimum atomic E-state index is -0.0625. The summed E-state index contributed by atoms with van der Waals surface area (Å²) in [5.41, 5.74) is 3.23. The molecule has 0 bridgehead atoms. The number of ketones is 2. The Hall–Kier alpha value is -2.16. The van der Waals surface area contributed by atoms with Crippen LogP contribution in [0.4, 0.5) is 0 Å². The van der Waals surface area contributed by atoms with E-state index in [1.54, 1.807) is 0 Å². The van der Waals surface area contributed by atoms with E-state index in [1.165, 1.54) is 19.2 Å². The van der Waals surface area contributed by atoms with Gasteiger partial charge in [-0.1, -0.05) is 54.6 Å². The molecule has 0 aliphatic carbocycles. The summed E-state index contributed by atoms with van der Waals surface area (Å²) in [6.07, 6.45) is 0.0833. The molecular weight excluding hydrogens is 478 g/mol. The minimum absolute atomic E-state index is 0. The van der Waals surface area contributed by atoms with Crippen LogP contribution in [0.2, 0.25) is 0 Å². The van der Waals surface area contributed by atoms with Crippen LogP contribution in [0.25, 0.3) is 22.2 Å². The number of hydrogen-bond acceptors (Lipinski definition) is 3. The minimum Gasteiger partial charge on any atom is -0.300 e. The van der Waals surface area contributed by atoms with Crippen LogP contribution in [0.3, 0.4) is 0 Å². The van der Waals surface area contributed by atoms with Crippen molar-refractivity contribution in [3.63, 3.8) is 0 Å². The fourth-order valence-corrected chi connectivity index (χ4v) is 2.19. The number of Topliss-reactive ketones (excluding diaryl/α,β-unsaturated/α-hetero) is 2. The van der Waals surface area contributed by atoms with Gasteiger partial charge in [0, 0.05) is 31.1 Å². The van der Waals surface area contributed by atoms with Crippen LogP contribution in [-0.2, 0) is 29.7 Å². The van der Waals surface area contributed by atoms with Crippen LogP contribution in [0, 0.1) is 0 Å². The third kappa shape index (κ3) is 6.15. The van der Waals surface area contributed by atoms with Gasteiger partial charge in [-0.3, -0.25) is 9.59 Å². The maximum Gasteiger partial charge on any atom is 0.137 e. The van der Waals surface area contributed by atoms with Crippen molar-refractivity contribution in [2.75, 3.05) is 0 Å². The molecule has 3 aromatic rings. The first kappa shape index (κ1) is 19.9. The molecule has 0 spiro atoms. The Balaban J connectivity index is 0.000000312. The first-order chi connectivity index (χ1) is 11.1. The molecule has 2 aromatic carbocycles. The summed E-state index contributed by atoms with van der Waals surface area (Å²) in [5.74, 6) is -0.125. The zero-order chi connectivity index (χ0) is 16.7. The van der Waals surface area contributed by atoms with Crippen LogP contribution in [0.1, 0.15) is 20.3 Å². The predicted molar refractivity (Wildman–Crippen MR) is 93.2 cm³/mol.